The number of hydrogen-bond donors (Lipinski definition) is 1. The standard InChI is InChI=1S/C16H24N2O2/c1-12-6-4-7-15(13(12)2)20-14(3)16(19)18-10-5-8-17-9-11-18/h4,6-7,14,17H,5,8-11H2,1-3H3. The van der Waals surface area contributed by atoms with Crippen molar-refractivity contribution in [3.8, 4) is 5.75 Å². The van der Waals surface area contributed by atoms with Gasteiger partial charge >= 0.3 is 0 Å². The van der Waals surface area contributed by atoms with Crippen LogP contribution in [0.3, 0.4) is 0 Å². The summed E-state index contributed by atoms with van der Waals surface area (Å²) in [5, 5.41) is 3.30. The van der Waals surface area contributed by atoms with Gasteiger partial charge in [-0.1, -0.05) is 12.1 Å². The Hall–Kier alpha value is -1.55. The molecule has 0 spiro atoms. The van der Waals surface area contributed by atoms with Crippen molar-refractivity contribution in [1.29, 1.82) is 0 Å². The van der Waals surface area contributed by atoms with E-state index in [2.05, 4.69) is 18.3 Å². The minimum absolute atomic E-state index is 0.0783. The van der Waals surface area contributed by atoms with Gasteiger partial charge in [0.05, 0.1) is 0 Å². The SMILES string of the molecule is Cc1cccc(OC(C)C(=O)N2CCCNCC2)c1C. The van der Waals surface area contributed by atoms with E-state index in [0.29, 0.717) is 0 Å². The van der Waals surface area contributed by atoms with Crippen molar-refractivity contribution in [2.45, 2.75) is 33.3 Å². The summed E-state index contributed by atoms with van der Waals surface area (Å²) < 4.78 is 5.87. The van der Waals surface area contributed by atoms with Gasteiger partial charge in [-0.2, -0.15) is 0 Å². The van der Waals surface area contributed by atoms with Gasteiger partial charge in [-0.3, -0.25) is 4.79 Å². The maximum Gasteiger partial charge on any atom is 0.263 e. The van der Waals surface area contributed by atoms with Gasteiger partial charge in [0, 0.05) is 19.6 Å². The third-order valence-electron chi connectivity index (χ3n) is 3.86. The molecule has 1 unspecified atom stereocenters. The van der Waals surface area contributed by atoms with Gasteiger partial charge in [0.15, 0.2) is 6.10 Å². The van der Waals surface area contributed by atoms with E-state index >= 15 is 0 Å². The highest BCUT2D eigenvalue weighted by molar-refractivity contribution is 5.81. The zero-order valence-corrected chi connectivity index (χ0v) is 12.6. The first-order valence-electron chi connectivity index (χ1n) is 7.32. The molecule has 1 aliphatic rings. The summed E-state index contributed by atoms with van der Waals surface area (Å²) >= 11 is 0. The second-order valence-electron chi connectivity index (χ2n) is 5.39. The zero-order chi connectivity index (χ0) is 14.5. The van der Waals surface area contributed by atoms with Crippen molar-refractivity contribution in [3.63, 3.8) is 0 Å². The molecule has 1 heterocycles. The summed E-state index contributed by atoms with van der Waals surface area (Å²) in [4.78, 5) is 14.3. The molecule has 1 aromatic carbocycles. The van der Waals surface area contributed by atoms with Crippen LogP contribution in [-0.2, 0) is 4.79 Å². The lowest BCUT2D eigenvalue weighted by Gasteiger charge is -2.25. The van der Waals surface area contributed by atoms with Crippen molar-refractivity contribution in [2.24, 2.45) is 0 Å². The van der Waals surface area contributed by atoms with Crippen molar-refractivity contribution < 1.29 is 9.53 Å². The van der Waals surface area contributed by atoms with Gasteiger partial charge in [0.25, 0.3) is 5.91 Å². The summed E-state index contributed by atoms with van der Waals surface area (Å²) in [6, 6.07) is 5.94. The van der Waals surface area contributed by atoms with E-state index in [1.807, 2.05) is 30.9 Å². The van der Waals surface area contributed by atoms with Crippen LogP contribution in [-0.4, -0.2) is 43.1 Å². The molecule has 110 valence electrons. The van der Waals surface area contributed by atoms with Crippen LogP contribution < -0.4 is 10.1 Å². The number of nitrogens with one attached hydrogen (secondary N) is 1. The average molecular weight is 276 g/mol. The Morgan fingerprint density at radius 3 is 2.90 bits per heavy atom. The number of carbonyl (C=O) groups excluding carboxylic acids is 1. The summed E-state index contributed by atoms with van der Waals surface area (Å²) in [5.74, 6) is 0.883. The minimum atomic E-state index is -0.436. The maximum atomic E-state index is 12.4. The number of ether oxygens (including phenoxy) is 1. The fourth-order valence-corrected chi connectivity index (χ4v) is 2.42. The number of carbonyl (C=O) groups is 1. The zero-order valence-electron chi connectivity index (χ0n) is 12.6. The van der Waals surface area contributed by atoms with Crippen LogP contribution in [0.1, 0.15) is 24.5 Å². The highest BCUT2D eigenvalue weighted by atomic mass is 16.5. The van der Waals surface area contributed by atoms with E-state index in [1.54, 1.807) is 0 Å². The number of nitrogens with zero attached hydrogens (tertiary/aromatic N) is 1. The van der Waals surface area contributed by atoms with E-state index in [-0.39, 0.29) is 5.91 Å². The Bertz CT molecular complexity index is 466. The Labute approximate surface area is 121 Å². The first-order valence-corrected chi connectivity index (χ1v) is 7.32. The van der Waals surface area contributed by atoms with E-state index < -0.39 is 6.10 Å². The lowest BCUT2D eigenvalue weighted by molar-refractivity contribution is -0.137. The lowest BCUT2D eigenvalue weighted by Crippen LogP contribution is -2.42. The molecule has 1 fully saturated rings. The third-order valence-corrected chi connectivity index (χ3v) is 3.86. The summed E-state index contributed by atoms with van der Waals surface area (Å²) in [5.41, 5.74) is 2.28. The molecular weight excluding hydrogens is 252 g/mol. The van der Waals surface area contributed by atoms with Crippen LogP contribution in [0.5, 0.6) is 5.75 Å². The molecule has 0 saturated carbocycles. The van der Waals surface area contributed by atoms with Crippen LogP contribution in [0.25, 0.3) is 0 Å². The predicted molar refractivity (Wildman–Crippen MR) is 80.1 cm³/mol. The van der Waals surface area contributed by atoms with Crippen LogP contribution in [0.2, 0.25) is 0 Å². The molecular formula is C16H24N2O2. The Morgan fingerprint density at radius 2 is 2.10 bits per heavy atom. The van der Waals surface area contributed by atoms with Crippen LogP contribution in [0.15, 0.2) is 18.2 Å². The summed E-state index contributed by atoms with van der Waals surface area (Å²) in [7, 11) is 0. The first-order chi connectivity index (χ1) is 9.59. The average Bonchev–Trinajstić information content (AvgIpc) is 2.72. The molecule has 1 amide bonds. The van der Waals surface area contributed by atoms with E-state index in [0.717, 1.165) is 43.9 Å². The fourth-order valence-electron chi connectivity index (χ4n) is 2.42. The van der Waals surface area contributed by atoms with Gasteiger partial charge < -0.3 is 15.0 Å². The Balaban J connectivity index is 2.01. The molecule has 1 saturated heterocycles. The molecule has 0 aliphatic carbocycles. The molecule has 0 aromatic heterocycles. The molecule has 20 heavy (non-hydrogen) atoms. The smallest absolute Gasteiger partial charge is 0.263 e. The lowest BCUT2D eigenvalue weighted by atomic mass is 10.1. The Kier molecular flexibility index (Phi) is 5.01. The number of rotatable bonds is 3. The highest BCUT2D eigenvalue weighted by Gasteiger charge is 2.23. The minimum Gasteiger partial charge on any atom is -0.481 e. The molecule has 1 aliphatic heterocycles. The van der Waals surface area contributed by atoms with Crippen molar-refractivity contribution >= 4 is 5.91 Å². The van der Waals surface area contributed by atoms with E-state index in [9.17, 15) is 4.79 Å². The second-order valence-corrected chi connectivity index (χ2v) is 5.39. The van der Waals surface area contributed by atoms with E-state index in [1.165, 1.54) is 5.56 Å². The van der Waals surface area contributed by atoms with Gasteiger partial charge in [0.2, 0.25) is 0 Å². The quantitative estimate of drug-likeness (QED) is 0.916. The molecule has 1 aromatic rings. The van der Waals surface area contributed by atoms with Crippen LogP contribution >= 0.6 is 0 Å². The maximum absolute atomic E-state index is 12.4. The normalized spacial score (nSPS) is 17.4. The van der Waals surface area contributed by atoms with Crippen LogP contribution in [0.4, 0.5) is 0 Å². The van der Waals surface area contributed by atoms with E-state index in [4.69, 9.17) is 4.74 Å². The third kappa shape index (κ3) is 3.51. The number of hydrogen-bond acceptors (Lipinski definition) is 3. The second kappa shape index (κ2) is 6.75. The van der Waals surface area contributed by atoms with Gasteiger partial charge in [-0.05, 0) is 50.9 Å². The van der Waals surface area contributed by atoms with Crippen molar-refractivity contribution in [1.82, 2.24) is 10.2 Å². The monoisotopic (exact) mass is 276 g/mol. The highest BCUT2D eigenvalue weighted by Crippen LogP contribution is 2.22. The first kappa shape index (κ1) is 14.9. The summed E-state index contributed by atoms with van der Waals surface area (Å²) in [6.07, 6.45) is 0.565. The topological polar surface area (TPSA) is 41.6 Å². The largest absolute Gasteiger partial charge is 0.481 e. The van der Waals surface area contributed by atoms with Gasteiger partial charge in [-0.25, -0.2) is 0 Å². The van der Waals surface area contributed by atoms with Crippen molar-refractivity contribution in [3.05, 3.63) is 29.3 Å². The van der Waals surface area contributed by atoms with Crippen molar-refractivity contribution in [2.75, 3.05) is 26.2 Å². The Morgan fingerprint density at radius 1 is 1.30 bits per heavy atom. The summed E-state index contributed by atoms with van der Waals surface area (Å²) in [6.45, 7) is 9.33. The molecule has 4 heteroatoms. The number of benzene rings is 1. The molecule has 1 N–H and O–H groups in total. The van der Waals surface area contributed by atoms with Gasteiger partial charge in [0.1, 0.15) is 5.75 Å². The fraction of sp³-hybridized carbons (Fsp3) is 0.562. The predicted octanol–water partition coefficient (Wildman–Crippen LogP) is 1.89. The molecule has 0 bridgehead atoms. The molecule has 2 rings (SSSR count). The molecule has 1 atom stereocenters. The van der Waals surface area contributed by atoms with Gasteiger partial charge in [-0.15, -0.1) is 0 Å². The number of aryl methyl sites for hydroxylation is 1. The van der Waals surface area contributed by atoms with Crippen LogP contribution in [0, 0.1) is 13.8 Å². The molecule has 4 nitrogen and oxygen atoms in total. The molecule has 0 radical (unpaired) electrons. The number of amides is 1.